The summed E-state index contributed by atoms with van der Waals surface area (Å²) in [6, 6.07) is 0. The molecule has 1 aliphatic heterocycles. The van der Waals surface area contributed by atoms with Crippen LogP contribution in [0, 0.1) is 0 Å². The fraction of sp³-hybridized carbons (Fsp3) is 0.500. The van der Waals surface area contributed by atoms with Crippen molar-refractivity contribution in [3.8, 4) is 0 Å². The first-order valence-corrected chi connectivity index (χ1v) is 4.08. The molecular weight excluding hydrogens is 199 g/mol. The van der Waals surface area contributed by atoms with E-state index in [9.17, 15) is 0 Å². The van der Waals surface area contributed by atoms with Crippen LogP contribution in [-0.2, 0) is 18.6 Å². The van der Waals surface area contributed by atoms with Crippen LogP contribution in [0.15, 0.2) is 0 Å². The Morgan fingerprint density at radius 1 is 1.33 bits per heavy atom. The number of rotatable bonds is 2. The van der Waals surface area contributed by atoms with Crippen LogP contribution in [0.5, 0.6) is 0 Å². The van der Waals surface area contributed by atoms with Crippen molar-refractivity contribution < 1.29 is 53.9 Å². The Bertz CT molecular complexity index is 132. The maximum absolute atomic E-state index is 8.56. The van der Waals surface area contributed by atoms with E-state index in [4.69, 9.17) is 23.9 Å². The van der Waals surface area contributed by atoms with Gasteiger partial charge in [-0.15, -0.1) is 9.78 Å². The number of carboxylic acid groups (broad SMARTS) is 2. The normalized spacial score (nSPS) is 17.0. The summed E-state index contributed by atoms with van der Waals surface area (Å²) >= 11 is 0. The molecule has 1 heterocycles. The van der Waals surface area contributed by atoms with Crippen LogP contribution >= 0.6 is 0 Å². The van der Waals surface area contributed by atoms with Gasteiger partial charge < -0.3 is 20.5 Å². The molecule has 0 aliphatic carbocycles. The zero-order valence-electron chi connectivity index (χ0n) is 7.94. The zero-order chi connectivity index (χ0) is 8.91. The third-order valence-electron chi connectivity index (χ3n) is 0.719. The molecule has 7 nitrogen and oxygen atoms in total. The van der Waals surface area contributed by atoms with Gasteiger partial charge >= 0.3 is 31.2 Å². The summed E-state index contributed by atoms with van der Waals surface area (Å²) < 4.78 is 9.41. The molecule has 0 spiro atoms. The third kappa shape index (κ3) is 6.83. The molecule has 0 aromatic carbocycles. The molecule has 1 rings (SSSR count). The monoisotopic (exact) mass is 208 g/mol. The van der Waals surface area contributed by atoms with Gasteiger partial charge in [0.2, 0.25) is 0 Å². The van der Waals surface area contributed by atoms with Gasteiger partial charge in [-0.3, -0.25) is 0 Å². The van der Waals surface area contributed by atoms with E-state index in [2.05, 4.69) is 9.78 Å². The van der Waals surface area contributed by atoms with Crippen LogP contribution in [0.4, 0.5) is 4.79 Å². The standard InChI is InChI=1S/CH6O4Si2.CH2O3.Li.H/c6-4-1(5-7)2-3-1;2-1(3)4;;/h6-7H3;(H2,2,3,4);;/q;;+1;-1. The van der Waals surface area contributed by atoms with Gasteiger partial charge in [0, 0.05) is 0 Å². The molecule has 0 aromatic heterocycles. The van der Waals surface area contributed by atoms with Crippen molar-refractivity contribution in [3.05, 3.63) is 0 Å². The summed E-state index contributed by atoms with van der Waals surface area (Å²) in [5, 5.41) is 13.9. The quantitative estimate of drug-likeness (QED) is 0.202. The molecule has 1 aliphatic rings. The van der Waals surface area contributed by atoms with E-state index in [1.54, 1.807) is 0 Å². The molecule has 0 unspecified atom stereocenters. The van der Waals surface area contributed by atoms with Gasteiger partial charge in [-0.2, -0.15) is 0 Å². The maximum Gasteiger partial charge on any atom is 1.00 e. The Morgan fingerprint density at radius 3 is 1.58 bits per heavy atom. The topological polar surface area (TPSA) is 101 Å². The fourth-order valence-corrected chi connectivity index (χ4v) is 1.19. The van der Waals surface area contributed by atoms with Crippen LogP contribution in [0.2, 0.25) is 0 Å². The Hall–Kier alpha value is 0.141. The molecule has 68 valence electrons. The van der Waals surface area contributed by atoms with Gasteiger partial charge in [0.15, 0.2) is 21.0 Å². The van der Waals surface area contributed by atoms with Crippen molar-refractivity contribution in [3.63, 3.8) is 0 Å². The first-order valence-electron chi connectivity index (χ1n) is 2.45. The van der Waals surface area contributed by atoms with Gasteiger partial charge in [0.05, 0.1) is 0 Å². The van der Waals surface area contributed by atoms with Crippen molar-refractivity contribution in [2.75, 3.05) is 0 Å². The SMILES string of the molecule is O=C(O)O.[H-].[Li+].[SiH3]OC1(O[SiH3])OO1. The number of hydrogen-bond acceptors (Lipinski definition) is 5. The Morgan fingerprint density at radius 2 is 1.58 bits per heavy atom. The molecule has 2 N–H and O–H groups in total. The largest absolute Gasteiger partial charge is 1.00 e. The fourth-order valence-electron chi connectivity index (χ4n) is 0.253. The zero-order valence-corrected chi connectivity index (χ0v) is 10.9. The molecule has 1 fully saturated rings. The third-order valence-corrected chi connectivity index (χ3v) is 1.72. The smallest absolute Gasteiger partial charge is 1.00 e. The van der Waals surface area contributed by atoms with Crippen LogP contribution in [0.3, 0.4) is 0 Å². The van der Waals surface area contributed by atoms with Crippen LogP contribution < -0.4 is 18.9 Å². The minimum atomic E-state index is -1.83. The molecule has 0 aromatic rings. The summed E-state index contributed by atoms with van der Waals surface area (Å²) in [4.78, 5) is 17.2. The number of hydrogen-bond donors (Lipinski definition) is 2. The summed E-state index contributed by atoms with van der Waals surface area (Å²) in [5.74, 6) is 0. The van der Waals surface area contributed by atoms with Crippen molar-refractivity contribution in [1.29, 1.82) is 0 Å². The average molecular weight is 208 g/mol. The molecule has 1 saturated heterocycles. The average Bonchev–Trinajstić information content (AvgIpc) is 2.66. The molecule has 0 amide bonds. The van der Waals surface area contributed by atoms with E-state index in [-0.39, 0.29) is 20.3 Å². The van der Waals surface area contributed by atoms with Crippen LogP contribution in [0.25, 0.3) is 0 Å². The Kier molecular flexibility index (Phi) is 8.10. The number of carbonyl (C=O) groups is 1. The minimum Gasteiger partial charge on any atom is -1.00 e. The minimum absolute atomic E-state index is 0. The van der Waals surface area contributed by atoms with Gasteiger partial charge in [0.25, 0.3) is 0 Å². The molecule has 0 saturated carbocycles. The van der Waals surface area contributed by atoms with Gasteiger partial charge in [0.1, 0.15) is 0 Å². The van der Waals surface area contributed by atoms with Crippen molar-refractivity contribution in [2.45, 2.75) is 6.16 Å². The summed E-state index contributed by atoms with van der Waals surface area (Å²) in [7, 11) is 1.13. The second-order valence-corrected chi connectivity index (χ2v) is 2.17. The molecule has 10 heteroatoms. The molecule has 0 radical (unpaired) electrons. The first kappa shape index (κ1) is 14.7. The molecular formula is C2H9LiO7Si2. The van der Waals surface area contributed by atoms with Crippen molar-refractivity contribution >= 4 is 27.1 Å². The van der Waals surface area contributed by atoms with Crippen LogP contribution in [-0.4, -0.2) is 43.5 Å². The molecule has 12 heavy (non-hydrogen) atoms. The van der Waals surface area contributed by atoms with E-state index in [0.717, 1.165) is 0 Å². The van der Waals surface area contributed by atoms with Crippen molar-refractivity contribution in [2.24, 2.45) is 0 Å². The molecule has 0 atom stereocenters. The Balaban J connectivity index is -0.000000150. The predicted molar refractivity (Wildman–Crippen MR) is 38.7 cm³/mol. The van der Waals surface area contributed by atoms with E-state index < -0.39 is 12.3 Å². The van der Waals surface area contributed by atoms with E-state index in [0.29, 0.717) is 21.0 Å². The van der Waals surface area contributed by atoms with Crippen molar-refractivity contribution in [1.82, 2.24) is 0 Å². The second-order valence-electron chi connectivity index (χ2n) is 1.36. The Labute approximate surface area is 87.6 Å². The first-order chi connectivity index (χ1) is 5.06. The predicted octanol–water partition coefficient (Wildman–Crippen LogP) is -5.51. The molecule has 0 bridgehead atoms. The summed E-state index contributed by atoms with van der Waals surface area (Å²) in [6.45, 7) is 0. The maximum atomic E-state index is 8.56. The van der Waals surface area contributed by atoms with E-state index in [1.807, 2.05) is 0 Å². The van der Waals surface area contributed by atoms with Gasteiger partial charge in [-0.1, -0.05) is 0 Å². The van der Waals surface area contributed by atoms with Crippen LogP contribution in [0.1, 0.15) is 1.43 Å². The van der Waals surface area contributed by atoms with Gasteiger partial charge in [-0.25, -0.2) is 4.79 Å². The van der Waals surface area contributed by atoms with Gasteiger partial charge in [-0.05, 0) is 0 Å². The van der Waals surface area contributed by atoms with E-state index >= 15 is 0 Å². The second kappa shape index (κ2) is 6.63. The van der Waals surface area contributed by atoms with E-state index in [1.165, 1.54) is 0 Å². The summed E-state index contributed by atoms with van der Waals surface area (Å²) in [6.07, 6.45) is -2.88. The summed E-state index contributed by atoms with van der Waals surface area (Å²) in [5.41, 5.74) is 0.